The Hall–Kier alpha value is -1.62. The van der Waals surface area contributed by atoms with E-state index in [1.54, 1.807) is 25.4 Å². The largest absolute Gasteiger partial charge is 0.481 e. The van der Waals surface area contributed by atoms with Gasteiger partial charge in [0.2, 0.25) is 5.88 Å². The zero-order chi connectivity index (χ0) is 13.8. The van der Waals surface area contributed by atoms with Gasteiger partial charge in [0, 0.05) is 18.3 Å². The van der Waals surface area contributed by atoms with Crippen LogP contribution in [0.3, 0.4) is 0 Å². The number of pyridine rings is 1. The van der Waals surface area contributed by atoms with E-state index in [2.05, 4.69) is 4.98 Å². The van der Waals surface area contributed by atoms with Gasteiger partial charge in [0.1, 0.15) is 5.60 Å². The molecular weight excluding hydrogens is 232 g/mol. The van der Waals surface area contributed by atoms with Crippen molar-refractivity contribution in [1.82, 2.24) is 4.98 Å². The van der Waals surface area contributed by atoms with Crippen molar-refractivity contribution in [2.24, 2.45) is 5.73 Å². The van der Waals surface area contributed by atoms with Gasteiger partial charge in [0.05, 0.1) is 13.5 Å². The van der Waals surface area contributed by atoms with Crippen LogP contribution in [-0.2, 0) is 9.53 Å². The molecule has 1 atom stereocenters. The molecule has 5 heteroatoms. The van der Waals surface area contributed by atoms with Crippen LogP contribution < -0.4 is 10.5 Å². The van der Waals surface area contributed by atoms with E-state index in [1.807, 2.05) is 20.8 Å². The first-order chi connectivity index (χ1) is 8.31. The third kappa shape index (κ3) is 4.71. The molecule has 0 bridgehead atoms. The maximum Gasteiger partial charge on any atom is 0.308 e. The molecule has 0 aliphatic heterocycles. The number of hydrogen-bond acceptors (Lipinski definition) is 5. The van der Waals surface area contributed by atoms with Crippen LogP contribution in [0.5, 0.6) is 5.88 Å². The minimum atomic E-state index is -0.491. The molecule has 0 saturated carbocycles. The standard InChI is InChI=1S/C13H20N2O3/c1-13(2,3)18-12(16)7-10(14)9-5-6-11(17-4)15-8-9/h5-6,8,10H,7,14H2,1-4H3. The average Bonchev–Trinajstić information content (AvgIpc) is 2.26. The van der Waals surface area contributed by atoms with E-state index in [1.165, 1.54) is 0 Å². The van der Waals surface area contributed by atoms with Crippen LogP contribution in [0.25, 0.3) is 0 Å². The third-order valence-electron chi connectivity index (χ3n) is 2.20. The molecule has 0 fully saturated rings. The minimum Gasteiger partial charge on any atom is -0.481 e. The Morgan fingerprint density at radius 1 is 1.44 bits per heavy atom. The lowest BCUT2D eigenvalue weighted by Crippen LogP contribution is -2.26. The van der Waals surface area contributed by atoms with Crippen LogP contribution in [-0.4, -0.2) is 23.7 Å². The SMILES string of the molecule is COc1ccc(C(N)CC(=O)OC(C)(C)C)cn1. The van der Waals surface area contributed by atoms with E-state index in [4.69, 9.17) is 15.2 Å². The van der Waals surface area contributed by atoms with Crippen molar-refractivity contribution >= 4 is 5.97 Å². The lowest BCUT2D eigenvalue weighted by molar-refractivity contribution is -0.155. The molecule has 100 valence electrons. The third-order valence-corrected chi connectivity index (χ3v) is 2.20. The summed E-state index contributed by atoms with van der Waals surface area (Å²) in [4.78, 5) is 15.7. The molecule has 5 nitrogen and oxygen atoms in total. The van der Waals surface area contributed by atoms with Gasteiger partial charge in [0.15, 0.2) is 0 Å². The zero-order valence-electron chi connectivity index (χ0n) is 11.3. The van der Waals surface area contributed by atoms with Crippen molar-refractivity contribution in [3.05, 3.63) is 23.9 Å². The van der Waals surface area contributed by atoms with Gasteiger partial charge in [-0.3, -0.25) is 4.79 Å². The van der Waals surface area contributed by atoms with Crippen LogP contribution in [0, 0.1) is 0 Å². The highest BCUT2D eigenvalue weighted by Gasteiger charge is 2.19. The van der Waals surface area contributed by atoms with Crippen LogP contribution >= 0.6 is 0 Å². The van der Waals surface area contributed by atoms with E-state index in [0.29, 0.717) is 5.88 Å². The van der Waals surface area contributed by atoms with E-state index in [9.17, 15) is 4.79 Å². The second kappa shape index (κ2) is 5.82. The van der Waals surface area contributed by atoms with Crippen molar-refractivity contribution in [1.29, 1.82) is 0 Å². The van der Waals surface area contributed by atoms with Crippen LogP contribution in [0.2, 0.25) is 0 Å². The number of carbonyl (C=O) groups excluding carboxylic acids is 1. The molecule has 0 aliphatic carbocycles. The van der Waals surface area contributed by atoms with Gasteiger partial charge >= 0.3 is 5.97 Å². The number of ether oxygens (including phenoxy) is 2. The minimum absolute atomic E-state index is 0.130. The number of esters is 1. The van der Waals surface area contributed by atoms with Gasteiger partial charge < -0.3 is 15.2 Å². The molecule has 0 spiro atoms. The van der Waals surface area contributed by atoms with Gasteiger partial charge in [-0.2, -0.15) is 0 Å². The van der Waals surface area contributed by atoms with E-state index in [0.717, 1.165) is 5.56 Å². The summed E-state index contributed by atoms with van der Waals surface area (Å²) in [6, 6.07) is 3.09. The molecule has 0 saturated heterocycles. The number of rotatable bonds is 4. The normalized spacial score (nSPS) is 12.9. The molecule has 1 aromatic heterocycles. The van der Waals surface area contributed by atoms with Gasteiger partial charge in [-0.05, 0) is 26.3 Å². The van der Waals surface area contributed by atoms with Gasteiger partial charge in [-0.1, -0.05) is 6.07 Å². The Kier molecular flexibility index (Phi) is 4.67. The number of methoxy groups -OCH3 is 1. The Balaban J connectivity index is 2.59. The monoisotopic (exact) mass is 252 g/mol. The van der Waals surface area contributed by atoms with Gasteiger partial charge in [-0.15, -0.1) is 0 Å². The van der Waals surface area contributed by atoms with Gasteiger partial charge in [-0.25, -0.2) is 4.98 Å². The van der Waals surface area contributed by atoms with Crippen LogP contribution in [0.15, 0.2) is 18.3 Å². The predicted molar refractivity (Wildman–Crippen MR) is 68.2 cm³/mol. The molecular formula is C13H20N2O3. The van der Waals surface area contributed by atoms with Gasteiger partial charge in [0.25, 0.3) is 0 Å². The quantitative estimate of drug-likeness (QED) is 0.827. The van der Waals surface area contributed by atoms with E-state index in [-0.39, 0.29) is 12.4 Å². The first-order valence-electron chi connectivity index (χ1n) is 5.79. The highest BCUT2D eigenvalue weighted by Crippen LogP contribution is 2.18. The summed E-state index contributed by atoms with van der Waals surface area (Å²) in [5.74, 6) is 0.203. The second-order valence-corrected chi connectivity index (χ2v) is 5.03. The predicted octanol–water partition coefficient (Wildman–Crippen LogP) is 1.82. The lowest BCUT2D eigenvalue weighted by Gasteiger charge is -2.21. The first-order valence-corrected chi connectivity index (χ1v) is 5.79. The fourth-order valence-electron chi connectivity index (χ4n) is 1.41. The van der Waals surface area contributed by atoms with Crippen LogP contribution in [0.1, 0.15) is 38.8 Å². The summed E-state index contributed by atoms with van der Waals surface area (Å²) >= 11 is 0. The molecule has 2 N–H and O–H groups in total. The fraction of sp³-hybridized carbons (Fsp3) is 0.538. The number of nitrogens with two attached hydrogens (primary N) is 1. The molecule has 1 rings (SSSR count). The Labute approximate surface area is 107 Å². The summed E-state index contributed by atoms with van der Waals surface area (Å²) in [5, 5.41) is 0. The molecule has 0 radical (unpaired) electrons. The zero-order valence-corrected chi connectivity index (χ0v) is 11.3. The number of nitrogens with zero attached hydrogens (tertiary/aromatic N) is 1. The molecule has 0 amide bonds. The Morgan fingerprint density at radius 3 is 2.56 bits per heavy atom. The summed E-state index contributed by atoms with van der Waals surface area (Å²) in [6.07, 6.45) is 1.74. The lowest BCUT2D eigenvalue weighted by atomic mass is 10.1. The summed E-state index contributed by atoms with van der Waals surface area (Å²) in [7, 11) is 1.54. The maximum atomic E-state index is 11.6. The molecule has 0 aromatic carbocycles. The fourth-order valence-corrected chi connectivity index (χ4v) is 1.41. The Bertz CT molecular complexity index is 396. The highest BCUT2D eigenvalue weighted by atomic mass is 16.6. The van der Waals surface area contributed by atoms with Crippen molar-refractivity contribution in [3.8, 4) is 5.88 Å². The molecule has 1 aromatic rings. The van der Waals surface area contributed by atoms with Crippen molar-refractivity contribution in [2.45, 2.75) is 38.8 Å². The molecule has 1 heterocycles. The smallest absolute Gasteiger partial charge is 0.308 e. The van der Waals surface area contributed by atoms with Crippen molar-refractivity contribution < 1.29 is 14.3 Å². The van der Waals surface area contributed by atoms with E-state index < -0.39 is 11.6 Å². The number of hydrogen-bond donors (Lipinski definition) is 1. The van der Waals surface area contributed by atoms with E-state index >= 15 is 0 Å². The maximum absolute atomic E-state index is 11.6. The van der Waals surface area contributed by atoms with Crippen molar-refractivity contribution in [2.75, 3.05) is 7.11 Å². The van der Waals surface area contributed by atoms with Crippen molar-refractivity contribution in [3.63, 3.8) is 0 Å². The summed E-state index contributed by atoms with van der Waals surface area (Å²) < 4.78 is 10.2. The first kappa shape index (κ1) is 14.4. The average molecular weight is 252 g/mol. The number of carbonyl (C=O) groups is 1. The highest BCUT2D eigenvalue weighted by molar-refractivity contribution is 5.70. The summed E-state index contributed by atoms with van der Waals surface area (Å²) in [5.41, 5.74) is 6.21. The van der Waals surface area contributed by atoms with Crippen LogP contribution in [0.4, 0.5) is 0 Å². The summed E-state index contributed by atoms with van der Waals surface area (Å²) in [6.45, 7) is 5.47. The second-order valence-electron chi connectivity index (χ2n) is 5.03. The topological polar surface area (TPSA) is 74.4 Å². The molecule has 18 heavy (non-hydrogen) atoms. The Morgan fingerprint density at radius 2 is 2.11 bits per heavy atom. The molecule has 0 aliphatic rings. The number of aromatic nitrogens is 1. The molecule has 1 unspecified atom stereocenters.